The van der Waals surface area contributed by atoms with Crippen molar-refractivity contribution in [3.05, 3.63) is 30.1 Å². The molecule has 0 aliphatic heterocycles. The van der Waals surface area contributed by atoms with E-state index in [-0.39, 0.29) is 5.91 Å². The number of pyridine rings is 1. The third-order valence-electron chi connectivity index (χ3n) is 3.53. The van der Waals surface area contributed by atoms with Gasteiger partial charge < -0.3 is 10.1 Å². The Hall–Kier alpha value is -1.42. The van der Waals surface area contributed by atoms with Gasteiger partial charge in [-0.15, -0.1) is 0 Å². The summed E-state index contributed by atoms with van der Waals surface area (Å²) in [5.41, 5.74) is 0.684. The van der Waals surface area contributed by atoms with E-state index in [9.17, 15) is 4.79 Å². The molecule has 1 saturated carbocycles. The van der Waals surface area contributed by atoms with Crippen LogP contribution >= 0.6 is 0 Å². The van der Waals surface area contributed by atoms with E-state index >= 15 is 0 Å². The third-order valence-corrected chi connectivity index (χ3v) is 3.53. The molecule has 1 aromatic heterocycles. The Labute approximate surface area is 108 Å². The molecule has 1 aliphatic carbocycles. The van der Waals surface area contributed by atoms with Gasteiger partial charge in [0, 0.05) is 37.7 Å². The summed E-state index contributed by atoms with van der Waals surface area (Å²) >= 11 is 0. The fraction of sp³-hybridized carbons (Fsp3) is 0.571. The number of carbonyl (C=O) groups is 1. The molecular formula is C14H20N2O2. The first-order valence-corrected chi connectivity index (χ1v) is 6.49. The fourth-order valence-electron chi connectivity index (χ4n) is 2.48. The van der Waals surface area contributed by atoms with E-state index in [1.54, 1.807) is 31.6 Å². The van der Waals surface area contributed by atoms with Crippen molar-refractivity contribution in [3.8, 4) is 0 Å². The van der Waals surface area contributed by atoms with Crippen LogP contribution in [0.5, 0.6) is 0 Å². The highest BCUT2D eigenvalue weighted by Gasteiger charge is 2.22. The highest BCUT2D eigenvalue weighted by Crippen LogP contribution is 2.24. The lowest BCUT2D eigenvalue weighted by atomic mass is 9.86. The van der Waals surface area contributed by atoms with E-state index in [1.807, 2.05) is 0 Å². The quantitative estimate of drug-likeness (QED) is 0.887. The predicted molar refractivity (Wildman–Crippen MR) is 69.3 cm³/mol. The molecule has 0 saturated heterocycles. The SMILES string of the molecule is COCC1CCC(NC(=O)c2ccncc2)CC1. The van der Waals surface area contributed by atoms with Crippen LogP contribution in [0.15, 0.2) is 24.5 Å². The highest BCUT2D eigenvalue weighted by molar-refractivity contribution is 5.94. The summed E-state index contributed by atoms with van der Waals surface area (Å²) in [5, 5.41) is 3.09. The summed E-state index contributed by atoms with van der Waals surface area (Å²) in [4.78, 5) is 15.9. The molecule has 4 heteroatoms. The van der Waals surface area contributed by atoms with Gasteiger partial charge >= 0.3 is 0 Å². The Morgan fingerprint density at radius 1 is 1.33 bits per heavy atom. The number of aromatic nitrogens is 1. The second-order valence-electron chi connectivity index (χ2n) is 4.88. The number of amides is 1. The van der Waals surface area contributed by atoms with E-state index < -0.39 is 0 Å². The number of hydrogen-bond donors (Lipinski definition) is 1. The van der Waals surface area contributed by atoms with Crippen LogP contribution < -0.4 is 5.32 Å². The van der Waals surface area contributed by atoms with Gasteiger partial charge in [-0.2, -0.15) is 0 Å². The van der Waals surface area contributed by atoms with Gasteiger partial charge in [0.15, 0.2) is 0 Å². The molecule has 1 aliphatic rings. The van der Waals surface area contributed by atoms with Crippen molar-refractivity contribution < 1.29 is 9.53 Å². The lowest BCUT2D eigenvalue weighted by Gasteiger charge is -2.28. The van der Waals surface area contributed by atoms with Gasteiger partial charge in [-0.05, 0) is 43.7 Å². The van der Waals surface area contributed by atoms with Gasteiger partial charge in [0.05, 0.1) is 0 Å². The van der Waals surface area contributed by atoms with E-state index in [4.69, 9.17) is 4.74 Å². The molecule has 1 N–H and O–H groups in total. The first kappa shape index (κ1) is 13.0. The Morgan fingerprint density at radius 2 is 2.00 bits per heavy atom. The van der Waals surface area contributed by atoms with Crippen molar-refractivity contribution in [2.45, 2.75) is 31.7 Å². The molecule has 1 amide bonds. The van der Waals surface area contributed by atoms with Crippen LogP contribution in [0, 0.1) is 5.92 Å². The zero-order chi connectivity index (χ0) is 12.8. The minimum atomic E-state index is 0.00703. The van der Waals surface area contributed by atoms with Crippen molar-refractivity contribution in [1.82, 2.24) is 10.3 Å². The van der Waals surface area contributed by atoms with Crippen molar-refractivity contribution in [1.29, 1.82) is 0 Å². The molecule has 98 valence electrons. The van der Waals surface area contributed by atoms with Gasteiger partial charge in [-0.1, -0.05) is 0 Å². The Bertz CT molecular complexity index is 373. The number of rotatable bonds is 4. The lowest BCUT2D eigenvalue weighted by Crippen LogP contribution is -2.38. The molecular weight excluding hydrogens is 228 g/mol. The highest BCUT2D eigenvalue weighted by atomic mass is 16.5. The number of nitrogens with one attached hydrogen (secondary N) is 1. The summed E-state index contributed by atoms with van der Waals surface area (Å²) < 4.78 is 5.17. The van der Waals surface area contributed by atoms with Gasteiger partial charge in [0.1, 0.15) is 0 Å². The maximum Gasteiger partial charge on any atom is 0.251 e. The molecule has 0 unspecified atom stereocenters. The van der Waals surface area contributed by atoms with Crippen molar-refractivity contribution in [2.24, 2.45) is 5.92 Å². The summed E-state index contributed by atoms with van der Waals surface area (Å²) in [6.45, 7) is 0.838. The second-order valence-corrected chi connectivity index (χ2v) is 4.88. The van der Waals surface area contributed by atoms with Crippen molar-refractivity contribution in [2.75, 3.05) is 13.7 Å². The van der Waals surface area contributed by atoms with Crippen LogP contribution in [0.4, 0.5) is 0 Å². The minimum Gasteiger partial charge on any atom is -0.384 e. The molecule has 18 heavy (non-hydrogen) atoms. The van der Waals surface area contributed by atoms with Crippen LogP contribution in [0.2, 0.25) is 0 Å². The van der Waals surface area contributed by atoms with Gasteiger partial charge in [-0.3, -0.25) is 9.78 Å². The molecule has 4 nitrogen and oxygen atoms in total. The molecule has 0 radical (unpaired) electrons. The van der Waals surface area contributed by atoms with Gasteiger partial charge in [0.25, 0.3) is 5.91 Å². The summed E-state index contributed by atoms with van der Waals surface area (Å²) in [6.07, 6.45) is 7.65. The minimum absolute atomic E-state index is 0.00703. The smallest absolute Gasteiger partial charge is 0.251 e. The third kappa shape index (κ3) is 3.53. The molecule has 1 fully saturated rings. The number of ether oxygens (including phenoxy) is 1. The monoisotopic (exact) mass is 248 g/mol. The fourth-order valence-corrected chi connectivity index (χ4v) is 2.48. The summed E-state index contributed by atoms with van der Waals surface area (Å²) in [7, 11) is 1.75. The van der Waals surface area contributed by atoms with E-state index in [1.165, 1.54) is 0 Å². The molecule has 0 atom stereocenters. The molecule has 0 aromatic carbocycles. The average Bonchev–Trinajstić information content (AvgIpc) is 2.42. The number of hydrogen-bond acceptors (Lipinski definition) is 3. The number of carbonyl (C=O) groups excluding carboxylic acids is 1. The number of methoxy groups -OCH3 is 1. The predicted octanol–water partition coefficient (Wildman–Crippen LogP) is 2.02. The Morgan fingerprint density at radius 3 is 2.61 bits per heavy atom. The Kier molecular flexibility index (Phi) is 4.70. The molecule has 2 rings (SSSR count). The lowest BCUT2D eigenvalue weighted by molar-refractivity contribution is 0.0898. The zero-order valence-corrected chi connectivity index (χ0v) is 10.8. The van der Waals surface area contributed by atoms with Crippen LogP contribution in [0.25, 0.3) is 0 Å². The van der Waals surface area contributed by atoms with Crippen LogP contribution in [0.1, 0.15) is 36.0 Å². The van der Waals surface area contributed by atoms with Crippen molar-refractivity contribution >= 4 is 5.91 Å². The normalized spacial score (nSPS) is 23.6. The largest absolute Gasteiger partial charge is 0.384 e. The van der Waals surface area contributed by atoms with E-state index in [0.717, 1.165) is 32.3 Å². The molecule has 1 heterocycles. The second kappa shape index (κ2) is 6.50. The van der Waals surface area contributed by atoms with Crippen LogP contribution in [-0.4, -0.2) is 30.6 Å². The van der Waals surface area contributed by atoms with E-state index in [0.29, 0.717) is 17.5 Å². The first-order chi connectivity index (χ1) is 8.79. The van der Waals surface area contributed by atoms with Crippen molar-refractivity contribution in [3.63, 3.8) is 0 Å². The Balaban J connectivity index is 1.80. The summed E-state index contributed by atoms with van der Waals surface area (Å²) in [6, 6.07) is 3.79. The maximum absolute atomic E-state index is 12.0. The van der Waals surface area contributed by atoms with Crippen LogP contribution in [-0.2, 0) is 4.74 Å². The zero-order valence-electron chi connectivity index (χ0n) is 10.8. The van der Waals surface area contributed by atoms with Crippen LogP contribution in [0.3, 0.4) is 0 Å². The molecule has 0 bridgehead atoms. The first-order valence-electron chi connectivity index (χ1n) is 6.49. The van der Waals surface area contributed by atoms with Gasteiger partial charge in [0.2, 0.25) is 0 Å². The maximum atomic E-state index is 12.0. The average molecular weight is 248 g/mol. The number of nitrogens with zero attached hydrogens (tertiary/aromatic N) is 1. The molecule has 0 spiro atoms. The summed E-state index contributed by atoms with van der Waals surface area (Å²) in [5.74, 6) is 0.664. The van der Waals surface area contributed by atoms with E-state index in [2.05, 4.69) is 10.3 Å². The van der Waals surface area contributed by atoms with Gasteiger partial charge in [-0.25, -0.2) is 0 Å². The standard InChI is InChI=1S/C14H20N2O2/c1-18-10-11-2-4-13(5-3-11)16-14(17)12-6-8-15-9-7-12/h6-9,11,13H,2-5,10H2,1H3,(H,16,17). The molecule has 1 aromatic rings. The topological polar surface area (TPSA) is 51.2 Å².